The minimum Gasteiger partial charge on any atom is -0.382 e. The maximum Gasteiger partial charge on any atom is 0.253 e. The van der Waals surface area contributed by atoms with Crippen molar-refractivity contribution >= 4 is 23.3 Å². The summed E-state index contributed by atoms with van der Waals surface area (Å²) >= 11 is 5.80. The third-order valence-corrected chi connectivity index (χ3v) is 2.63. The molecule has 0 aliphatic rings. The Labute approximate surface area is 108 Å². The number of nitrogens with zero attached hydrogens (tertiary/aromatic N) is 3. The Hall–Kier alpha value is -2.15. The summed E-state index contributed by atoms with van der Waals surface area (Å²) < 4.78 is 0. The average Bonchev–Trinajstić information content (AvgIpc) is 2.86. The number of aromatic amines is 1. The van der Waals surface area contributed by atoms with Crippen molar-refractivity contribution < 1.29 is 4.79 Å². The predicted octanol–water partition coefficient (Wildman–Crippen LogP) is 0.926. The number of carbonyl (C=O) groups is 1. The standard InChI is InChI=1S/C10H11ClN6O/c1-5(9-14-4-15-17-9)16-10(18)6-2-7(11)8(12)13-3-6/h2-5H,1H3,(H2,12,13)(H,16,18)(H,14,15,17). The highest BCUT2D eigenvalue weighted by Gasteiger charge is 2.14. The zero-order valence-corrected chi connectivity index (χ0v) is 10.3. The summed E-state index contributed by atoms with van der Waals surface area (Å²) in [5, 5.41) is 9.37. The number of H-pyrrole nitrogens is 1. The van der Waals surface area contributed by atoms with Crippen LogP contribution in [0.25, 0.3) is 0 Å². The van der Waals surface area contributed by atoms with Crippen LogP contribution < -0.4 is 11.1 Å². The van der Waals surface area contributed by atoms with Crippen molar-refractivity contribution in [2.24, 2.45) is 0 Å². The van der Waals surface area contributed by atoms with Gasteiger partial charge in [-0.3, -0.25) is 9.89 Å². The largest absolute Gasteiger partial charge is 0.382 e. The number of hydrogen-bond donors (Lipinski definition) is 3. The highest BCUT2D eigenvalue weighted by molar-refractivity contribution is 6.33. The van der Waals surface area contributed by atoms with Gasteiger partial charge in [0, 0.05) is 6.20 Å². The minimum absolute atomic E-state index is 0.191. The molecule has 1 atom stereocenters. The summed E-state index contributed by atoms with van der Waals surface area (Å²) in [5.41, 5.74) is 5.80. The summed E-state index contributed by atoms with van der Waals surface area (Å²) in [6.45, 7) is 1.78. The smallest absolute Gasteiger partial charge is 0.253 e. The average molecular weight is 267 g/mol. The predicted molar refractivity (Wildman–Crippen MR) is 65.9 cm³/mol. The number of carbonyl (C=O) groups excluding carboxylic acids is 1. The van der Waals surface area contributed by atoms with Crippen LogP contribution in [0.5, 0.6) is 0 Å². The SMILES string of the molecule is CC(NC(=O)c1cnc(N)c(Cl)c1)c1ncn[nH]1. The molecule has 18 heavy (non-hydrogen) atoms. The molecule has 0 radical (unpaired) electrons. The molecule has 0 bridgehead atoms. The number of halogens is 1. The fourth-order valence-corrected chi connectivity index (χ4v) is 1.51. The second-order valence-electron chi connectivity index (χ2n) is 3.66. The molecule has 7 nitrogen and oxygen atoms in total. The van der Waals surface area contributed by atoms with E-state index in [1.54, 1.807) is 6.92 Å². The molecular weight excluding hydrogens is 256 g/mol. The van der Waals surface area contributed by atoms with Gasteiger partial charge in [-0.1, -0.05) is 11.6 Å². The van der Waals surface area contributed by atoms with Crippen LogP contribution >= 0.6 is 11.6 Å². The lowest BCUT2D eigenvalue weighted by molar-refractivity contribution is 0.0938. The van der Waals surface area contributed by atoms with Crippen LogP contribution in [-0.2, 0) is 0 Å². The molecule has 2 aromatic heterocycles. The van der Waals surface area contributed by atoms with E-state index in [0.29, 0.717) is 11.4 Å². The van der Waals surface area contributed by atoms with Crippen LogP contribution in [0.15, 0.2) is 18.6 Å². The molecule has 4 N–H and O–H groups in total. The summed E-state index contributed by atoms with van der Waals surface area (Å²) in [5.74, 6) is 0.447. The molecule has 0 aliphatic carbocycles. The summed E-state index contributed by atoms with van der Waals surface area (Å²) in [7, 11) is 0. The van der Waals surface area contributed by atoms with Crippen molar-refractivity contribution in [2.75, 3.05) is 5.73 Å². The second-order valence-corrected chi connectivity index (χ2v) is 4.06. The highest BCUT2D eigenvalue weighted by Crippen LogP contribution is 2.17. The zero-order chi connectivity index (χ0) is 13.1. The molecular formula is C10H11ClN6O. The van der Waals surface area contributed by atoms with Crippen molar-refractivity contribution in [3.63, 3.8) is 0 Å². The number of aromatic nitrogens is 4. The van der Waals surface area contributed by atoms with E-state index >= 15 is 0 Å². The first-order chi connectivity index (χ1) is 8.58. The number of nitrogens with one attached hydrogen (secondary N) is 2. The van der Waals surface area contributed by atoms with Crippen LogP contribution in [0.1, 0.15) is 29.1 Å². The molecule has 0 aliphatic heterocycles. The van der Waals surface area contributed by atoms with Gasteiger partial charge >= 0.3 is 0 Å². The number of nitrogen functional groups attached to an aromatic ring is 1. The number of anilines is 1. The second kappa shape index (κ2) is 5.01. The zero-order valence-electron chi connectivity index (χ0n) is 9.51. The van der Waals surface area contributed by atoms with Gasteiger partial charge in [-0.2, -0.15) is 5.10 Å². The molecule has 2 rings (SSSR count). The first-order valence-electron chi connectivity index (χ1n) is 5.15. The van der Waals surface area contributed by atoms with Gasteiger partial charge in [0.1, 0.15) is 18.0 Å². The maximum absolute atomic E-state index is 11.9. The Bertz CT molecular complexity index is 556. The lowest BCUT2D eigenvalue weighted by Gasteiger charge is -2.11. The topological polar surface area (TPSA) is 110 Å². The van der Waals surface area contributed by atoms with Gasteiger partial charge in [0.15, 0.2) is 0 Å². The third-order valence-electron chi connectivity index (χ3n) is 2.32. The van der Waals surface area contributed by atoms with E-state index < -0.39 is 0 Å². The number of amides is 1. The van der Waals surface area contributed by atoms with Crippen molar-refractivity contribution in [1.29, 1.82) is 0 Å². The molecule has 0 spiro atoms. The first kappa shape index (κ1) is 12.3. The first-order valence-corrected chi connectivity index (χ1v) is 5.53. The summed E-state index contributed by atoms with van der Waals surface area (Å²) in [6.07, 6.45) is 2.74. The lowest BCUT2D eigenvalue weighted by Crippen LogP contribution is -2.27. The van der Waals surface area contributed by atoms with E-state index in [0.717, 1.165) is 0 Å². The Morgan fingerprint density at radius 3 is 2.94 bits per heavy atom. The van der Waals surface area contributed by atoms with Crippen LogP contribution in [0.2, 0.25) is 5.02 Å². The van der Waals surface area contributed by atoms with Gasteiger partial charge < -0.3 is 11.1 Å². The van der Waals surface area contributed by atoms with Gasteiger partial charge in [-0.15, -0.1) is 0 Å². The Balaban J connectivity index is 2.10. The van der Waals surface area contributed by atoms with E-state index in [9.17, 15) is 4.79 Å². The molecule has 0 saturated carbocycles. The van der Waals surface area contributed by atoms with E-state index in [4.69, 9.17) is 17.3 Å². The Morgan fingerprint density at radius 1 is 1.56 bits per heavy atom. The van der Waals surface area contributed by atoms with E-state index in [1.807, 2.05) is 0 Å². The van der Waals surface area contributed by atoms with Gasteiger partial charge in [0.25, 0.3) is 5.91 Å². The lowest BCUT2D eigenvalue weighted by atomic mass is 10.2. The number of pyridine rings is 1. The van der Waals surface area contributed by atoms with Crippen molar-refractivity contribution in [3.8, 4) is 0 Å². The quantitative estimate of drug-likeness (QED) is 0.765. The third kappa shape index (κ3) is 2.57. The van der Waals surface area contributed by atoms with Crippen molar-refractivity contribution in [3.05, 3.63) is 35.0 Å². The van der Waals surface area contributed by atoms with Gasteiger partial charge in [-0.05, 0) is 13.0 Å². The molecule has 2 aromatic rings. The Morgan fingerprint density at radius 2 is 2.33 bits per heavy atom. The van der Waals surface area contributed by atoms with Crippen LogP contribution in [-0.4, -0.2) is 26.1 Å². The number of rotatable bonds is 3. The maximum atomic E-state index is 11.9. The van der Waals surface area contributed by atoms with Crippen molar-refractivity contribution in [2.45, 2.75) is 13.0 Å². The van der Waals surface area contributed by atoms with Crippen LogP contribution in [0, 0.1) is 0 Å². The van der Waals surface area contributed by atoms with Gasteiger partial charge in [0.05, 0.1) is 16.6 Å². The fourth-order valence-electron chi connectivity index (χ4n) is 1.34. The highest BCUT2D eigenvalue weighted by atomic mass is 35.5. The molecule has 2 heterocycles. The van der Waals surface area contributed by atoms with E-state index in [-0.39, 0.29) is 22.8 Å². The van der Waals surface area contributed by atoms with E-state index in [2.05, 4.69) is 25.5 Å². The molecule has 1 unspecified atom stereocenters. The van der Waals surface area contributed by atoms with E-state index in [1.165, 1.54) is 18.6 Å². The van der Waals surface area contributed by atoms with Crippen molar-refractivity contribution in [1.82, 2.24) is 25.5 Å². The molecule has 1 amide bonds. The monoisotopic (exact) mass is 266 g/mol. The molecule has 94 valence electrons. The summed E-state index contributed by atoms with van der Waals surface area (Å²) in [6, 6.07) is 1.17. The van der Waals surface area contributed by atoms with Crippen LogP contribution in [0.3, 0.4) is 0 Å². The van der Waals surface area contributed by atoms with Gasteiger partial charge in [-0.25, -0.2) is 9.97 Å². The number of hydrogen-bond acceptors (Lipinski definition) is 5. The minimum atomic E-state index is -0.312. The molecule has 0 fully saturated rings. The van der Waals surface area contributed by atoms with Gasteiger partial charge in [0.2, 0.25) is 0 Å². The number of nitrogens with two attached hydrogens (primary N) is 1. The molecule has 0 saturated heterocycles. The fraction of sp³-hybridized carbons (Fsp3) is 0.200. The summed E-state index contributed by atoms with van der Waals surface area (Å²) in [4.78, 5) is 19.7. The molecule has 8 heteroatoms. The normalized spacial score (nSPS) is 12.1. The molecule has 0 aromatic carbocycles. The van der Waals surface area contributed by atoms with Crippen LogP contribution in [0.4, 0.5) is 5.82 Å². The Kier molecular flexibility index (Phi) is 3.42.